The molecular formula is C24H24N2O4. The first-order chi connectivity index (χ1) is 14.5. The fourth-order valence-electron chi connectivity index (χ4n) is 4.79. The molecule has 2 bridgehead atoms. The van der Waals surface area contributed by atoms with Crippen LogP contribution >= 0.6 is 0 Å². The number of allylic oxidation sites excluding steroid dienone is 7. The Kier molecular flexibility index (Phi) is 4.50. The molecule has 6 heteroatoms. The van der Waals surface area contributed by atoms with E-state index in [1.165, 1.54) is 0 Å². The van der Waals surface area contributed by atoms with Crippen LogP contribution in [0.5, 0.6) is 11.5 Å². The van der Waals surface area contributed by atoms with Crippen LogP contribution in [0.1, 0.15) is 25.7 Å². The summed E-state index contributed by atoms with van der Waals surface area (Å²) >= 11 is 0. The average Bonchev–Trinajstić information content (AvgIpc) is 2.67. The summed E-state index contributed by atoms with van der Waals surface area (Å²) in [4.78, 5) is 25.1. The zero-order chi connectivity index (χ0) is 20.6. The topological polar surface area (TPSA) is 76.7 Å². The van der Waals surface area contributed by atoms with Gasteiger partial charge in [-0.1, -0.05) is 54.7 Å². The van der Waals surface area contributed by atoms with Gasteiger partial charge in [-0.25, -0.2) is 0 Å². The Bertz CT molecular complexity index is 984. The summed E-state index contributed by atoms with van der Waals surface area (Å²) in [5.41, 5.74) is 0.567. The number of carbonyl (C=O) groups is 2. The number of benzene rings is 1. The van der Waals surface area contributed by atoms with Crippen molar-refractivity contribution in [3.63, 3.8) is 0 Å². The van der Waals surface area contributed by atoms with Crippen molar-refractivity contribution in [2.24, 2.45) is 0 Å². The van der Waals surface area contributed by atoms with Crippen LogP contribution < -0.4 is 20.1 Å². The van der Waals surface area contributed by atoms with Gasteiger partial charge in [0.15, 0.2) is 11.5 Å². The number of fused-ring (bicyclic) bond motifs is 1. The maximum absolute atomic E-state index is 12.7. The zero-order valence-corrected chi connectivity index (χ0v) is 16.6. The highest BCUT2D eigenvalue weighted by molar-refractivity contribution is 5.84. The molecular weight excluding hydrogens is 380 g/mol. The van der Waals surface area contributed by atoms with Gasteiger partial charge in [0.05, 0.1) is 6.42 Å². The molecule has 4 aliphatic carbocycles. The first kappa shape index (κ1) is 18.7. The number of amides is 2. The van der Waals surface area contributed by atoms with Crippen molar-refractivity contribution in [2.75, 3.05) is 6.61 Å². The monoisotopic (exact) mass is 404 g/mol. The van der Waals surface area contributed by atoms with Crippen LogP contribution in [0.25, 0.3) is 0 Å². The first-order valence-corrected chi connectivity index (χ1v) is 10.3. The molecule has 1 aliphatic heterocycles. The number of para-hydroxylation sites is 2. The van der Waals surface area contributed by atoms with Gasteiger partial charge in [-0.3, -0.25) is 9.59 Å². The highest BCUT2D eigenvalue weighted by Gasteiger charge is 2.69. The Balaban J connectivity index is 1.11. The van der Waals surface area contributed by atoms with Crippen LogP contribution in [0.3, 0.4) is 0 Å². The van der Waals surface area contributed by atoms with E-state index in [4.69, 9.17) is 9.47 Å². The van der Waals surface area contributed by atoms with Crippen LogP contribution in [0.4, 0.5) is 0 Å². The fraction of sp³-hybridized carbons (Fsp3) is 0.333. The van der Waals surface area contributed by atoms with Gasteiger partial charge in [0.1, 0.15) is 6.61 Å². The van der Waals surface area contributed by atoms with E-state index in [9.17, 15) is 9.59 Å². The molecule has 30 heavy (non-hydrogen) atoms. The van der Waals surface area contributed by atoms with E-state index in [1.54, 1.807) is 6.07 Å². The summed E-state index contributed by atoms with van der Waals surface area (Å²) < 4.78 is 11.4. The average molecular weight is 404 g/mol. The van der Waals surface area contributed by atoms with Gasteiger partial charge in [-0.05, 0) is 37.0 Å². The molecule has 1 aromatic rings. The van der Waals surface area contributed by atoms with Crippen LogP contribution in [0.2, 0.25) is 0 Å². The molecule has 2 N–H and O–H groups in total. The Morgan fingerprint density at radius 1 is 0.933 bits per heavy atom. The quantitative estimate of drug-likeness (QED) is 0.791. The molecule has 6 nitrogen and oxygen atoms in total. The first-order valence-electron chi connectivity index (χ1n) is 10.3. The fourth-order valence-corrected chi connectivity index (χ4v) is 4.79. The predicted molar refractivity (Wildman–Crippen MR) is 112 cm³/mol. The van der Waals surface area contributed by atoms with Crippen LogP contribution in [-0.4, -0.2) is 35.6 Å². The standard InChI is InChI=1S/C24H24N2O4/c27-21(12-17-8-4-2-1-3-5-9-17)25-23-14-24(15-23,16-23)26-22(28)20-13-29-18-10-6-7-11-19(18)30-20/h1-11,20H,12-16H2,(H,25,27)(H,26,28)/b2-1-,3-1?,4-2?,5-3-,8-4?,9-5?,17-8?,17-9?. The molecule has 0 saturated heterocycles. The van der Waals surface area contributed by atoms with Crippen molar-refractivity contribution in [3.05, 3.63) is 72.4 Å². The van der Waals surface area contributed by atoms with Crippen molar-refractivity contribution in [3.8, 4) is 11.5 Å². The van der Waals surface area contributed by atoms with Gasteiger partial charge in [0.25, 0.3) is 5.91 Å². The van der Waals surface area contributed by atoms with Crippen molar-refractivity contribution >= 4 is 11.8 Å². The Morgan fingerprint density at radius 3 is 2.47 bits per heavy atom. The number of ether oxygens (including phenoxy) is 2. The van der Waals surface area contributed by atoms with Gasteiger partial charge in [0.2, 0.25) is 12.0 Å². The minimum Gasteiger partial charge on any atom is -0.485 e. The summed E-state index contributed by atoms with van der Waals surface area (Å²) in [6.45, 7) is 0.201. The molecule has 1 atom stereocenters. The van der Waals surface area contributed by atoms with E-state index in [-0.39, 0.29) is 29.5 Å². The number of nitrogens with one attached hydrogen (secondary N) is 2. The van der Waals surface area contributed by atoms with E-state index in [2.05, 4.69) is 10.6 Å². The van der Waals surface area contributed by atoms with Crippen LogP contribution in [0, 0.1) is 0 Å². The molecule has 154 valence electrons. The molecule has 3 fully saturated rings. The Morgan fingerprint density at radius 2 is 1.63 bits per heavy atom. The van der Waals surface area contributed by atoms with E-state index in [0.29, 0.717) is 17.9 Å². The number of hydrogen-bond donors (Lipinski definition) is 2. The lowest BCUT2D eigenvalue weighted by Gasteiger charge is -2.70. The molecule has 0 radical (unpaired) electrons. The van der Waals surface area contributed by atoms with Crippen molar-refractivity contribution < 1.29 is 19.1 Å². The van der Waals surface area contributed by atoms with E-state index in [0.717, 1.165) is 24.8 Å². The molecule has 1 aromatic carbocycles. The molecule has 0 aromatic heterocycles. The van der Waals surface area contributed by atoms with E-state index >= 15 is 0 Å². The minimum absolute atomic E-state index is 0.0177. The minimum atomic E-state index is -0.653. The predicted octanol–water partition coefficient (Wildman–Crippen LogP) is 2.73. The second kappa shape index (κ2) is 7.20. The number of carbonyl (C=O) groups excluding carboxylic acids is 2. The van der Waals surface area contributed by atoms with E-state index in [1.807, 2.05) is 60.7 Å². The normalized spacial score (nSPS) is 32.3. The van der Waals surface area contributed by atoms with Crippen molar-refractivity contribution in [2.45, 2.75) is 42.9 Å². The van der Waals surface area contributed by atoms with Gasteiger partial charge in [-0.2, -0.15) is 0 Å². The lowest BCUT2D eigenvalue weighted by Crippen LogP contribution is -2.84. The summed E-state index contributed by atoms with van der Waals surface area (Å²) in [5, 5.41) is 6.29. The molecule has 2 amide bonds. The van der Waals surface area contributed by atoms with E-state index < -0.39 is 6.10 Å². The SMILES string of the molecule is O=C(CC1=C/C=C\C=C/C=C1)NC12CC(NC(=O)C3COc4ccccc4O3)(C1)C2. The zero-order valence-electron chi connectivity index (χ0n) is 16.6. The maximum Gasteiger partial charge on any atom is 0.265 e. The lowest BCUT2D eigenvalue weighted by atomic mass is 9.44. The maximum atomic E-state index is 12.7. The summed E-state index contributed by atoms with van der Waals surface area (Å²) in [5.74, 6) is 1.11. The third-order valence-electron chi connectivity index (χ3n) is 6.05. The van der Waals surface area contributed by atoms with Gasteiger partial charge >= 0.3 is 0 Å². The highest BCUT2D eigenvalue weighted by atomic mass is 16.6. The lowest BCUT2D eigenvalue weighted by molar-refractivity contribution is -0.154. The smallest absolute Gasteiger partial charge is 0.265 e. The highest BCUT2D eigenvalue weighted by Crippen LogP contribution is 2.60. The molecule has 3 saturated carbocycles. The molecule has 1 heterocycles. The summed E-state index contributed by atoms with van der Waals surface area (Å²) in [6, 6.07) is 7.35. The second-order valence-corrected chi connectivity index (χ2v) is 8.54. The Labute approximate surface area is 175 Å². The second-order valence-electron chi connectivity index (χ2n) is 8.54. The van der Waals surface area contributed by atoms with Crippen molar-refractivity contribution in [1.82, 2.24) is 10.6 Å². The molecule has 0 spiro atoms. The third-order valence-corrected chi connectivity index (χ3v) is 6.05. The summed E-state index contributed by atoms with van der Waals surface area (Å²) in [7, 11) is 0. The largest absolute Gasteiger partial charge is 0.485 e. The van der Waals surface area contributed by atoms with Crippen molar-refractivity contribution in [1.29, 1.82) is 0 Å². The van der Waals surface area contributed by atoms with Gasteiger partial charge in [0, 0.05) is 11.1 Å². The molecule has 5 aliphatic rings. The number of hydrogen-bond acceptors (Lipinski definition) is 4. The van der Waals surface area contributed by atoms with Gasteiger partial charge in [-0.15, -0.1) is 0 Å². The number of rotatable bonds is 5. The molecule has 1 unspecified atom stereocenters. The summed E-state index contributed by atoms with van der Waals surface area (Å²) in [6.07, 6.45) is 15.6. The Hall–Kier alpha value is -3.28. The van der Waals surface area contributed by atoms with Crippen LogP contribution in [-0.2, 0) is 9.59 Å². The van der Waals surface area contributed by atoms with Gasteiger partial charge < -0.3 is 20.1 Å². The van der Waals surface area contributed by atoms with Crippen LogP contribution in [0.15, 0.2) is 72.4 Å². The molecule has 6 rings (SSSR count). The third kappa shape index (κ3) is 3.54.